The Kier molecular flexibility index (Phi) is 7.96. The van der Waals surface area contributed by atoms with Crippen LogP contribution in [-0.2, 0) is 4.79 Å². The van der Waals surface area contributed by atoms with Crippen LogP contribution < -0.4 is 10.6 Å². The Bertz CT molecular complexity index is 818. The first kappa shape index (κ1) is 21.9. The molecule has 3 amide bonds. The van der Waals surface area contributed by atoms with Crippen LogP contribution in [0, 0.1) is 0 Å². The van der Waals surface area contributed by atoms with Gasteiger partial charge in [0.15, 0.2) is 0 Å². The van der Waals surface area contributed by atoms with Gasteiger partial charge in [-0.25, -0.2) is 0 Å². The van der Waals surface area contributed by atoms with E-state index in [0.717, 1.165) is 30.3 Å². The van der Waals surface area contributed by atoms with Gasteiger partial charge in [-0.1, -0.05) is 31.2 Å². The molecule has 0 fully saturated rings. The van der Waals surface area contributed by atoms with E-state index >= 15 is 0 Å². The third-order valence-corrected chi connectivity index (χ3v) is 4.69. The van der Waals surface area contributed by atoms with Crippen molar-refractivity contribution in [3.8, 4) is 0 Å². The largest absolute Gasteiger partial charge is 0.355 e. The molecule has 1 aliphatic heterocycles. The maximum Gasteiger partial charge on any atom is 0.261 e. The van der Waals surface area contributed by atoms with Gasteiger partial charge in [0.2, 0.25) is 5.91 Å². The SMILES string of the molecule is CCCNCCNC(=O)CCCN1C(=O)c2cccc3cccc(c23)C1=O.Cl. The van der Waals surface area contributed by atoms with E-state index < -0.39 is 0 Å². The third-order valence-electron chi connectivity index (χ3n) is 4.69. The summed E-state index contributed by atoms with van der Waals surface area (Å²) in [5.41, 5.74) is 1.10. The minimum atomic E-state index is -0.284. The fourth-order valence-electron chi connectivity index (χ4n) is 3.36. The molecule has 2 aromatic carbocycles. The fourth-order valence-corrected chi connectivity index (χ4v) is 3.36. The quantitative estimate of drug-likeness (QED) is 0.498. The number of carbonyl (C=O) groups excluding carboxylic acids is 3. The zero-order valence-corrected chi connectivity index (χ0v) is 16.8. The van der Waals surface area contributed by atoms with Crippen LogP contribution in [0.5, 0.6) is 0 Å². The van der Waals surface area contributed by atoms with E-state index in [1.807, 2.05) is 24.3 Å². The summed E-state index contributed by atoms with van der Waals surface area (Å²) in [4.78, 5) is 38.7. The lowest BCUT2D eigenvalue weighted by Gasteiger charge is -2.27. The van der Waals surface area contributed by atoms with E-state index in [0.29, 0.717) is 24.1 Å². The highest BCUT2D eigenvalue weighted by molar-refractivity contribution is 6.25. The van der Waals surface area contributed by atoms with Gasteiger partial charge in [0.1, 0.15) is 0 Å². The van der Waals surface area contributed by atoms with E-state index in [4.69, 9.17) is 0 Å². The number of nitrogens with one attached hydrogen (secondary N) is 2. The Balaban J connectivity index is 0.00000280. The summed E-state index contributed by atoms with van der Waals surface area (Å²) in [7, 11) is 0. The molecule has 0 radical (unpaired) electrons. The van der Waals surface area contributed by atoms with E-state index in [2.05, 4.69) is 17.6 Å². The molecule has 7 heteroatoms. The van der Waals surface area contributed by atoms with Gasteiger partial charge >= 0.3 is 0 Å². The summed E-state index contributed by atoms with van der Waals surface area (Å²) in [6.45, 7) is 4.58. The highest BCUT2D eigenvalue weighted by Gasteiger charge is 2.32. The van der Waals surface area contributed by atoms with Crippen molar-refractivity contribution in [2.75, 3.05) is 26.2 Å². The van der Waals surface area contributed by atoms with E-state index in [9.17, 15) is 14.4 Å². The Hall–Kier alpha value is -2.44. The lowest BCUT2D eigenvalue weighted by molar-refractivity contribution is -0.121. The van der Waals surface area contributed by atoms with Crippen LogP contribution in [0.1, 0.15) is 46.9 Å². The van der Waals surface area contributed by atoms with E-state index in [-0.39, 0.29) is 43.1 Å². The summed E-state index contributed by atoms with van der Waals surface area (Å²) >= 11 is 0. The monoisotopic (exact) mass is 403 g/mol. The average Bonchev–Trinajstić information content (AvgIpc) is 2.68. The molecule has 0 saturated heterocycles. The second kappa shape index (κ2) is 10.2. The lowest BCUT2D eigenvalue weighted by Crippen LogP contribution is -2.41. The van der Waals surface area contributed by atoms with Crippen molar-refractivity contribution in [3.05, 3.63) is 47.5 Å². The molecule has 0 bridgehead atoms. The molecular weight excluding hydrogens is 378 g/mol. The molecule has 2 N–H and O–H groups in total. The van der Waals surface area contributed by atoms with Gasteiger partial charge in [-0.15, -0.1) is 12.4 Å². The van der Waals surface area contributed by atoms with Crippen molar-refractivity contribution in [1.82, 2.24) is 15.5 Å². The third kappa shape index (κ3) is 4.69. The van der Waals surface area contributed by atoms with Crippen molar-refractivity contribution in [3.63, 3.8) is 0 Å². The van der Waals surface area contributed by atoms with Crippen LogP contribution in [0.4, 0.5) is 0 Å². The van der Waals surface area contributed by atoms with E-state index in [1.165, 1.54) is 4.90 Å². The van der Waals surface area contributed by atoms with Crippen LogP contribution in [0.15, 0.2) is 36.4 Å². The number of hydrogen-bond donors (Lipinski definition) is 2. The Morgan fingerprint density at radius 3 is 2.21 bits per heavy atom. The van der Waals surface area contributed by atoms with Gasteiger partial charge < -0.3 is 10.6 Å². The first-order chi connectivity index (χ1) is 13.1. The standard InChI is InChI=1S/C21H25N3O3.ClH/c1-2-11-22-12-13-23-18(25)10-5-14-24-20(26)16-8-3-6-15-7-4-9-17(19(15)16)21(24)27;/h3-4,6-9,22H,2,5,10-14H2,1H3,(H,23,25);1H. The molecule has 1 heterocycles. The number of imide groups is 1. The maximum atomic E-state index is 12.8. The zero-order chi connectivity index (χ0) is 19.2. The maximum absolute atomic E-state index is 12.8. The highest BCUT2D eigenvalue weighted by atomic mass is 35.5. The Labute approximate surface area is 171 Å². The van der Waals surface area contributed by atoms with Crippen molar-refractivity contribution in [1.29, 1.82) is 0 Å². The van der Waals surface area contributed by atoms with Crippen molar-refractivity contribution >= 4 is 40.9 Å². The molecular formula is C21H26ClN3O3. The molecule has 1 aliphatic rings. The second-order valence-corrected chi connectivity index (χ2v) is 6.67. The highest BCUT2D eigenvalue weighted by Crippen LogP contribution is 2.29. The van der Waals surface area contributed by atoms with Gasteiger partial charge in [-0.2, -0.15) is 0 Å². The number of hydrogen-bond acceptors (Lipinski definition) is 4. The minimum absolute atomic E-state index is 0. The van der Waals surface area contributed by atoms with Crippen LogP contribution in [-0.4, -0.2) is 48.8 Å². The zero-order valence-electron chi connectivity index (χ0n) is 16.0. The summed E-state index contributed by atoms with van der Waals surface area (Å²) < 4.78 is 0. The second-order valence-electron chi connectivity index (χ2n) is 6.67. The molecule has 0 saturated carbocycles. The van der Waals surface area contributed by atoms with Crippen molar-refractivity contribution in [2.24, 2.45) is 0 Å². The molecule has 3 rings (SSSR count). The molecule has 2 aromatic rings. The molecule has 0 atom stereocenters. The van der Waals surface area contributed by atoms with Gasteiger partial charge in [-0.3, -0.25) is 19.3 Å². The number of amides is 3. The summed E-state index contributed by atoms with van der Waals surface area (Å²) in [5.74, 6) is -0.630. The first-order valence-electron chi connectivity index (χ1n) is 9.49. The lowest BCUT2D eigenvalue weighted by atomic mass is 9.94. The molecule has 150 valence electrons. The predicted octanol–water partition coefficient (Wildman–Crippen LogP) is 2.75. The summed E-state index contributed by atoms with van der Waals surface area (Å²) in [6, 6.07) is 11.0. The smallest absolute Gasteiger partial charge is 0.261 e. The van der Waals surface area contributed by atoms with Crippen LogP contribution >= 0.6 is 12.4 Å². The van der Waals surface area contributed by atoms with Crippen LogP contribution in [0.2, 0.25) is 0 Å². The molecule has 0 spiro atoms. The number of rotatable bonds is 9. The van der Waals surface area contributed by atoms with Gasteiger partial charge in [0.05, 0.1) is 0 Å². The van der Waals surface area contributed by atoms with Gasteiger partial charge in [-0.05, 0) is 36.9 Å². The Morgan fingerprint density at radius 1 is 0.964 bits per heavy atom. The van der Waals surface area contributed by atoms with Crippen LogP contribution in [0.3, 0.4) is 0 Å². The summed E-state index contributed by atoms with van der Waals surface area (Å²) in [6.07, 6.45) is 1.79. The molecule has 6 nitrogen and oxygen atoms in total. The number of benzene rings is 2. The number of carbonyl (C=O) groups is 3. The molecule has 0 aromatic heterocycles. The number of nitrogens with zero attached hydrogens (tertiary/aromatic N) is 1. The average molecular weight is 404 g/mol. The number of halogens is 1. The predicted molar refractivity (Wildman–Crippen MR) is 112 cm³/mol. The van der Waals surface area contributed by atoms with E-state index in [1.54, 1.807) is 12.1 Å². The van der Waals surface area contributed by atoms with Crippen molar-refractivity contribution < 1.29 is 14.4 Å². The topological polar surface area (TPSA) is 78.5 Å². The normalized spacial score (nSPS) is 12.8. The fraction of sp³-hybridized carbons (Fsp3) is 0.381. The summed E-state index contributed by atoms with van der Waals surface area (Å²) in [5, 5.41) is 7.68. The molecule has 28 heavy (non-hydrogen) atoms. The Morgan fingerprint density at radius 2 is 1.61 bits per heavy atom. The van der Waals surface area contributed by atoms with Gasteiger partial charge in [0, 0.05) is 42.6 Å². The first-order valence-corrected chi connectivity index (χ1v) is 9.49. The van der Waals surface area contributed by atoms with Gasteiger partial charge in [0.25, 0.3) is 11.8 Å². The molecule has 0 unspecified atom stereocenters. The van der Waals surface area contributed by atoms with Crippen molar-refractivity contribution in [2.45, 2.75) is 26.2 Å². The molecule has 0 aliphatic carbocycles. The van der Waals surface area contributed by atoms with Crippen LogP contribution in [0.25, 0.3) is 10.8 Å². The minimum Gasteiger partial charge on any atom is -0.355 e.